The minimum Gasteiger partial charge on any atom is -0.349 e. The Kier molecular flexibility index (Phi) is 4.61. The number of amides is 4. The predicted octanol–water partition coefficient (Wildman–Crippen LogP) is 3.40. The van der Waals surface area contributed by atoms with Crippen LogP contribution in [0.15, 0.2) is 54.1 Å². The van der Waals surface area contributed by atoms with Crippen molar-refractivity contribution < 1.29 is 18.8 Å². The summed E-state index contributed by atoms with van der Waals surface area (Å²) < 4.78 is 14.0. The van der Waals surface area contributed by atoms with Crippen LogP contribution >= 0.6 is 0 Å². The lowest BCUT2D eigenvalue weighted by Crippen LogP contribution is -2.53. The first-order valence-electron chi connectivity index (χ1n) is 10.5. The summed E-state index contributed by atoms with van der Waals surface area (Å²) in [5, 5.41) is 7.61. The molecule has 1 atom stereocenters. The summed E-state index contributed by atoms with van der Waals surface area (Å²) in [7, 11) is 0. The molecular weight excluding hydrogens is 397 g/mol. The van der Waals surface area contributed by atoms with Gasteiger partial charge in [0.15, 0.2) is 5.54 Å². The number of hydrogen-bond donors (Lipinski definition) is 3. The molecule has 2 saturated carbocycles. The molecule has 0 spiro atoms. The molecule has 3 aliphatic rings. The molecular formula is C24H22FN3O3. The Balaban J connectivity index is 1.39. The Morgan fingerprint density at radius 3 is 2.48 bits per heavy atom. The third kappa shape index (κ3) is 3.95. The zero-order chi connectivity index (χ0) is 21.6. The number of carbonyl (C=O) groups is 3. The summed E-state index contributed by atoms with van der Waals surface area (Å²) >= 11 is 0. The van der Waals surface area contributed by atoms with Crippen molar-refractivity contribution in [2.75, 3.05) is 6.54 Å². The van der Waals surface area contributed by atoms with Crippen LogP contribution in [0.1, 0.15) is 47.5 Å². The highest BCUT2D eigenvalue weighted by molar-refractivity contribution is 6.09. The van der Waals surface area contributed by atoms with Gasteiger partial charge in [-0.25, -0.2) is 9.18 Å². The molecule has 31 heavy (non-hydrogen) atoms. The molecule has 0 unspecified atom stereocenters. The number of rotatable bonds is 6. The largest absolute Gasteiger partial charge is 0.349 e. The molecule has 2 aromatic carbocycles. The molecule has 0 radical (unpaired) electrons. The summed E-state index contributed by atoms with van der Waals surface area (Å²) in [5.41, 5.74) is 2.55. The van der Waals surface area contributed by atoms with Gasteiger partial charge in [-0.05, 0) is 72.6 Å². The Hall–Kier alpha value is -3.48. The molecule has 7 heteroatoms. The zero-order valence-electron chi connectivity index (χ0n) is 16.8. The molecule has 0 bridgehead atoms. The summed E-state index contributed by atoms with van der Waals surface area (Å²) in [6, 6.07) is 11.3. The van der Waals surface area contributed by atoms with Crippen molar-refractivity contribution in [1.82, 2.24) is 16.0 Å². The minimum absolute atomic E-state index is 0.0929. The van der Waals surface area contributed by atoms with E-state index in [0.717, 1.165) is 24.0 Å². The molecule has 1 aliphatic heterocycles. The average Bonchev–Trinajstić information content (AvgIpc) is 3.66. The van der Waals surface area contributed by atoms with Gasteiger partial charge >= 0.3 is 6.03 Å². The second kappa shape index (κ2) is 7.34. The van der Waals surface area contributed by atoms with E-state index < -0.39 is 29.2 Å². The van der Waals surface area contributed by atoms with Crippen molar-refractivity contribution in [1.29, 1.82) is 0 Å². The maximum atomic E-state index is 14.0. The molecule has 3 fully saturated rings. The van der Waals surface area contributed by atoms with Crippen LogP contribution in [-0.4, -0.2) is 29.9 Å². The van der Waals surface area contributed by atoms with Crippen molar-refractivity contribution in [2.45, 2.75) is 37.1 Å². The number of urea groups is 1. The van der Waals surface area contributed by atoms with Gasteiger partial charge in [0.1, 0.15) is 5.82 Å². The number of nitrogens with one attached hydrogen (secondary N) is 3. The van der Waals surface area contributed by atoms with Crippen LogP contribution in [0.4, 0.5) is 9.18 Å². The first-order valence-corrected chi connectivity index (χ1v) is 10.5. The molecule has 158 valence electrons. The number of hydrogen-bond acceptors (Lipinski definition) is 3. The van der Waals surface area contributed by atoms with Crippen molar-refractivity contribution in [2.24, 2.45) is 0 Å². The average molecular weight is 419 g/mol. The van der Waals surface area contributed by atoms with Crippen LogP contribution in [0.3, 0.4) is 0 Å². The highest BCUT2D eigenvalue weighted by Gasteiger charge is 2.45. The normalized spacial score (nSPS) is 22.0. The summed E-state index contributed by atoms with van der Waals surface area (Å²) in [6.45, 7) is -0.0929. The van der Waals surface area contributed by atoms with Gasteiger partial charge < -0.3 is 10.6 Å². The lowest BCUT2D eigenvalue weighted by Gasteiger charge is -2.23. The van der Waals surface area contributed by atoms with Crippen LogP contribution in [0.25, 0.3) is 11.1 Å². The zero-order valence-corrected chi connectivity index (χ0v) is 16.8. The molecule has 2 aromatic rings. The standard InChI is InChI=1S/C24H22FN3O3/c25-18-9-10-19(20(11-18)17-7-5-16(6-8-17)15-3-4-15)21(29)26-13-24(12-14-1-2-14)22(30)27-23(31)28-24/h5-12,15H,1-4,13H2,(H,26,29)(H2,27,28,30,31)/t24-/m1/s1. The number of allylic oxidation sites excluding steroid dienone is 1. The van der Waals surface area contributed by atoms with Gasteiger partial charge in [0.05, 0.1) is 6.54 Å². The maximum absolute atomic E-state index is 14.0. The smallest absolute Gasteiger partial charge is 0.322 e. The van der Waals surface area contributed by atoms with Gasteiger partial charge in [0.2, 0.25) is 0 Å². The second-order valence-corrected chi connectivity index (χ2v) is 8.45. The SMILES string of the molecule is O=C1NC(=O)[C@@](C=C2CC2)(CNC(=O)c2ccc(F)cc2-c2ccc(C3CC3)cc2)N1. The second-order valence-electron chi connectivity index (χ2n) is 8.45. The first kappa shape index (κ1) is 19.5. The van der Waals surface area contributed by atoms with Gasteiger partial charge in [-0.1, -0.05) is 29.8 Å². The van der Waals surface area contributed by atoms with Crippen molar-refractivity contribution >= 4 is 17.8 Å². The summed E-state index contributed by atoms with van der Waals surface area (Å²) in [5.74, 6) is -0.764. The van der Waals surface area contributed by atoms with E-state index in [4.69, 9.17) is 0 Å². The molecule has 3 N–H and O–H groups in total. The Morgan fingerprint density at radius 2 is 1.87 bits per heavy atom. The molecule has 0 aromatic heterocycles. The Morgan fingerprint density at radius 1 is 1.13 bits per heavy atom. The third-order valence-corrected chi connectivity index (χ3v) is 5.98. The van der Waals surface area contributed by atoms with E-state index >= 15 is 0 Å². The van der Waals surface area contributed by atoms with Gasteiger partial charge in [-0.15, -0.1) is 0 Å². The van der Waals surface area contributed by atoms with Gasteiger partial charge in [0.25, 0.3) is 11.8 Å². The van der Waals surface area contributed by atoms with Crippen molar-refractivity contribution in [3.8, 4) is 11.1 Å². The van der Waals surface area contributed by atoms with Crippen molar-refractivity contribution in [3.63, 3.8) is 0 Å². The van der Waals surface area contributed by atoms with E-state index in [0.29, 0.717) is 17.0 Å². The highest BCUT2D eigenvalue weighted by atomic mass is 19.1. The first-order chi connectivity index (χ1) is 14.9. The number of benzene rings is 2. The van der Waals surface area contributed by atoms with Crippen LogP contribution in [0.5, 0.6) is 0 Å². The maximum Gasteiger partial charge on any atom is 0.322 e. The van der Waals surface area contributed by atoms with Crippen LogP contribution in [0.2, 0.25) is 0 Å². The number of carbonyl (C=O) groups excluding carboxylic acids is 3. The van der Waals surface area contributed by atoms with Gasteiger partial charge in [-0.3, -0.25) is 14.9 Å². The number of imide groups is 1. The molecule has 4 amide bonds. The van der Waals surface area contributed by atoms with E-state index in [1.165, 1.54) is 36.6 Å². The van der Waals surface area contributed by atoms with E-state index in [1.807, 2.05) is 24.3 Å². The van der Waals surface area contributed by atoms with Crippen LogP contribution in [0, 0.1) is 5.82 Å². The molecule has 2 aliphatic carbocycles. The van der Waals surface area contributed by atoms with E-state index in [2.05, 4.69) is 16.0 Å². The molecule has 1 heterocycles. The summed E-state index contributed by atoms with van der Waals surface area (Å²) in [6.07, 6.45) is 5.84. The van der Waals surface area contributed by atoms with Gasteiger partial charge in [0, 0.05) is 5.56 Å². The van der Waals surface area contributed by atoms with E-state index in [9.17, 15) is 18.8 Å². The highest BCUT2D eigenvalue weighted by Crippen LogP contribution is 2.40. The van der Waals surface area contributed by atoms with Crippen LogP contribution < -0.4 is 16.0 Å². The van der Waals surface area contributed by atoms with Crippen molar-refractivity contribution in [3.05, 3.63) is 71.1 Å². The van der Waals surface area contributed by atoms with E-state index in [-0.39, 0.29) is 6.54 Å². The Labute approximate surface area is 178 Å². The fraction of sp³-hybridized carbons (Fsp3) is 0.292. The minimum atomic E-state index is -1.30. The van der Waals surface area contributed by atoms with Crippen LogP contribution in [-0.2, 0) is 4.79 Å². The predicted molar refractivity (Wildman–Crippen MR) is 113 cm³/mol. The molecule has 6 nitrogen and oxygen atoms in total. The number of halogens is 1. The molecule has 1 saturated heterocycles. The third-order valence-electron chi connectivity index (χ3n) is 5.98. The fourth-order valence-electron chi connectivity index (χ4n) is 3.97. The monoisotopic (exact) mass is 419 g/mol. The lowest BCUT2D eigenvalue weighted by molar-refractivity contribution is -0.122. The topological polar surface area (TPSA) is 87.3 Å². The quantitative estimate of drug-likeness (QED) is 0.495. The fourth-order valence-corrected chi connectivity index (χ4v) is 3.97. The molecule has 5 rings (SSSR count). The summed E-state index contributed by atoms with van der Waals surface area (Å²) in [4.78, 5) is 37.1. The van der Waals surface area contributed by atoms with Gasteiger partial charge in [-0.2, -0.15) is 0 Å². The van der Waals surface area contributed by atoms with E-state index in [1.54, 1.807) is 6.08 Å². The lowest BCUT2D eigenvalue weighted by atomic mass is 9.96. The Bertz CT molecular complexity index is 1120.